The summed E-state index contributed by atoms with van der Waals surface area (Å²) in [5.41, 5.74) is 6.34. The Labute approximate surface area is 86.1 Å². The first-order chi connectivity index (χ1) is 7.18. The second-order valence-electron chi connectivity index (χ2n) is 3.50. The number of primary amides is 1. The van der Waals surface area contributed by atoms with Crippen molar-refractivity contribution in [1.82, 2.24) is 14.9 Å². The molecule has 15 heavy (non-hydrogen) atoms. The van der Waals surface area contributed by atoms with Gasteiger partial charge in [0.1, 0.15) is 6.54 Å². The fraction of sp³-hybridized carbons (Fsp3) is 0.444. The molecule has 0 unspecified atom stereocenters. The molecule has 0 fully saturated rings. The second-order valence-corrected chi connectivity index (χ2v) is 3.50. The van der Waals surface area contributed by atoms with Crippen LogP contribution in [-0.2, 0) is 24.3 Å². The van der Waals surface area contributed by atoms with E-state index in [2.05, 4.69) is 10.3 Å². The molecule has 0 radical (unpaired) electrons. The van der Waals surface area contributed by atoms with Gasteiger partial charge in [0.2, 0.25) is 5.91 Å². The molecule has 0 spiro atoms. The molecule has 0 saturated carbocycles. The maximum Gasteiger partial charge on any atom is 0.257 e. The van der Waals surface area contributed by atoms with E-state index in [9.17, 15) is 9.59 Å². The zero-order valence-electron chi connectivity index (χ0n) is 8.19. The monoisotopic (exact) mass is 208 g/mol. The van der Waals surface area contributed by atoms with Crippen molar-refractivity contribution in [3.8, 4) is 0 Å². The minimum atomic E-state index is -0.534. The zero-order chi connectivity index (χ0) is 10.8. The number of carbonyl (C=O) groups is 1. The predicted octanol–water partition coefficient (Wildman–Crippen LogP) is -1.63. The van der Waals surface area contributed by atoms with E-state index in [0.717, 1.165) is 12.2 Å². The molecule has 2 rings (SSSR count). The number of nitrogens with zero attached hydrogens (tertiary/aromatic N) is 2. The van der Waals surface area contributed by atoms with Crippen molar-refractivity contribution in [3.63, 3.8) is 0 Å². The Morgan fingerprint density at radius 3 is 3.20 bits per heavy atom. The summed E-state index contributed by atoms with van der Waals surface area (Å²) in [6.07, 6.45) is 2.03. The molecule has 1 aromatic heterocycles. The van der Waals surface area contributed by atoms with Gasteiger partial charge in [0.05, 0.1) is 12.0 Å². The number of nitrogens with two attached hydrogens (primary N) is 1. The van der Waals surface area contributed by atoms with Gasteiger partial charge >= 0.3 is 0 Å². The van der Waals surface area contributed by atoms with E-state index < -0.39 is 5.91 Å². The van der Waals surface area contributed by atoms with Crippen LogP contribution < -0.4 is 16.6 Å². The summed E-state index contributed by atoms with van der Waals surface area (Å²) in [5.74, 6) is -0.534. The number of hydrogen-bond donors (Lipinski definition) is 2. The second kappa shape index (κ2) is 3.82. The van der Waals surface area contributed by atoms with Gasteiger partial charge in [-0.3, -0.25) is 14.2 Å². The molecule has 3 N–H and O–H groups in total. The van der Waals surface area contributed by atoms with Gasteiger partial charge in [-0.2, -0.15) is 0 Å². The minimum absolute atomic E-state index is 0.105. The van der Waals surface area contributed by atoms with Gasteiger partial charge in [-0.15, -0.1) is 0 Å². The summed E-state index contributed by atoms with van der Waals surface area (Å²) in [4.78, 5) is 26.7. The predicted molar refractivity (Wildman–Crippen MR) is 53.1 cm³/mol. The molecule has 6 heteroatoms. The lowest BCUT2D eigenvalue weighted by molar-refractivity contribution is -0.118. The van der Waals surface area contributed by atoms with Gasteiger partial charge in [-0.25, -0.2) is 4.98 Å². The number of nitrogens with one attached hydrogen (secondary N) is 1. The van der Waals surface area contributed by atoms with Crippen LogP contribution in [0.2, 0.25) is 0 Å². The molecule has 0 atom stereocenters. The fourth-order valence-corrected chi connectivity index (χ4v) is 1.67. The van der Waals surface area contributed by atoms with E-state index in [1.165, 1.54) is 10.9 Å². The molecule has 6 nitrogen and oxygen atoms in total. The molecule has 1 amide bonds. The first-order valence-electron chi connectivity index (χ1n) is 4.74. The Morgan fingerprint density at radius 2 is 2.47 bits per heavy atom. The number of hydrogen-bond acceptors (Lipinski definition) is 4. The quantitative estimate of drug-likeness (QED) is 0.611. The van der Waals surface area contributed by atoms with E-state index in [0.29, 0.717) is 18.5 Å². The average Bonchev–Trinajstić information content (AvgIpc) is 2.22. The molecule has 1 aromatic rings. The van der Waals surface area contributed by atoms with Gasteiger partial charge in [0.25, 0.3) is 5.56 Å². The van der Waals surface area contributed by atoms with Crippen molar-refractivity contribution < 1.29 is 4.79 Å². The van der Waals surface area contributed by atoms with Crippen molar-refractivity contribution in [2.24, 2.45) is 5.73 Å². The number of rotatable bonds is 2. The zero-order valence-corrected chi connectivity index (χ0v) is 8.19. The third-order valence-corrected chi connectivity index (χ3v) is 2.39. The maximum atomic E-state index is 11.8. The highest BCUT2D eigenvalue weighted by Gasteiger charge is 2.15. The van der Waals surface area contributed by atoms with Crippen molar-refractivity contribution >= 4 is 5.91 Å². The fourth-order valence-electron chi connectivity index (χ4n) is 1.67. The summed E-state index contributed by atoms with van der Waals surface area (Å²) in [5, 5.41) is 3.13. The SMILES string of the molecule is NC(=O)Cn1cnc2c(c1=O)CCNC2. The molecule has 0 saturated heterocycles. The van der Waals surface area contributed by atoms with Crippen LogP contribution in [0.1, 0.15) is 11.3 Å². The van der Waals surface area contributed by atoms with Gasteiger partial charge in [0, 0.05) is 12.1 Å². The first kappa shape index (κ1) is 9.85. The van der Waals surface area contributed by atoms with Crippen molar-refractivity contribution in [3.05, 3.63) is 27.9 Å². The summed E-state index contributed by atoms with van der Waals surface area (Å²) >= 11 is 0. The lowest BCUT2D eigenvalue weighted by Gasteiger charge is -2.16. The largest absolute Gasteiger partial charge is 0.368 e. The van der Waals surface area contributed by atoms with Crippen LogP contribution in [0.4, 0.5) is 0 Å². The van der Waals surface area contributed by atoms with E-state index in [1.807, 2.05) is 0 Å². The first-order valence-corrected chi connectivity index (χ1v) is 4.74. The standard InChI is InChI=1S/C9H12N4O2/c10-8(14)4-13-5-12-7-3-11-2-1-6(7)9(13)15/h5,11H,1-4H2,(H2,10,14). The molecule has 0 aliphatic carbocycles. The van der Waals surface area contributed by atoms with Crippen LogP contribution in [0.3, 0.4) is 0 Å². The van der Waals surface area contributed by atoms with Crippen LogP contribution in [0, 0.1) is 0 Å². The number of aromatic nitrogens is 2. The number of carbonyl (C=O) groups excluding carboxylic acids is 1. The molecule has 0 aromatic carbocycles. The van der Waals surface area contributed by atoms with Crippen molar-refractivity contribution in [2.45, 2.75) is 19.5 Å². The van der Waals surface area contributed by atoms with Crippen molar-refractivity contribution in [1.29, 1.82) is 0 Å². The molecule has 1 aliphatic rings. The van der Waals surface area contributed by atoms with Crippen LogP contribution in [0.15, 0.2) is 11.1 Å². The molecule has 80 valence electrons. The number of amides is 1. The third kappa shape index (κ3) is 1.89. The minimum Gasteiger partial charge on any atom is -0.368 e. The van der Waals surface area contributed by atoms with Gasteiger partial charge in [-0.1, -0.05) is 0 Å². The van der Waals surface area contributed by atoms with E-state index in [1.54, 1.807) is 0 Å². The third-order valence-electron chi connectivity index (χ3n) is 2.39. The lowest BCUT2D eigenvalue weighted by Crippen LogP contribution is -2.36. The number of fused-ring (bicyclic) bond motifs is 1. The molecular formula is C9H12N4O2. The van der Waals surface area contributed by atoms with Gasteiger partial charge in [0.15, 0.2) is 0 Å². The molecule has 0 bridgehead atoms. The Hall–Kier alpha value is -1.69. The van der Waals surface area contributed by atoms with Gasteiger partial charge < -0.3 is 11.1 Å². The highest BCUT2D eigenvalue weighted by atomic mass is 16.2. The molecule has 2 heterocycles. The van der Waals surface area contributed by atoms with Crippen LogP contribution in [0.5, 0.6) is 0 Å². The highest BCUT2D eigenvalue weighted by Crippen LogP contribution is 2.04. The average molecular weight is 208 g/mol. The Kier molecular flexibility index (Phi) is 2.51. The van der Waals surface area contributed by atoms with Crippen LogP contribution in [-0.4, -0.2) is 22.0 Å². The van der Waals surface area contributed by atoms with Crippen LogP contribution in [0.25, 0.3) is 0 Å². The van der Waals surface area contributed by atoms with E-state index >= 15 is 0 Å². The Bertz CT molecular complexity index is 452. The van der Waals surface area contributed by atoms with E-state index in [4.69, 9.17) is 5.73 Å². The summed E-state index contributed by atoms with van der Waals surface area (Å²) < 4.78 is 1.26. The van der Waals surface area contributed by atoms with Crippen molar-refractivity contribution in [2.75, 3.05) is 6.54 Å². The molecular weight excluding hydrogens is 196 g/mol. The maximum absolute atomic E-state index is 11.8. The Balaban J connectivity index is 2.43. The Morgan fingerprint density at radius 1 is 1.67 bits per heavy atom. The topological polar surface area (TPSA) is 90.0 Å². The molecule has 1 aliphatic heterocycles. The summed E-state index contributed by atoms with van der Waals surface area (Å²) in [6.45, 7) is 1.28. The summed E-state index contributed by atoms with van der Waals surface area (Å²) in [6, 6.07) is 0. The smallest absolute Gasteiger partial charge is 0.257 e. The summed E-state index contributed by atoms with van der Waals surface area (Å²) in [7, 11) is 0. The highest BCUT2D eigenvalue weighted by molar-refractivity contribution is 5.73. The lowest BCUT2D eigenvalue weighted by atomic mass is 10.1. The van der Waals surface area contributed by atoms with Crippen LogP contribution >= 0.6 is 0 Å². The normalized spacial score (nSPS) is 14.7. The van der Waals surface area contributed by atoms with Gasteiger partial charge in [-0.05, 0) is 13.0 Å². The van der Waals surface area contributed by atoms with E-state index in [-0.39, 0.29) is 12.1 Å².